The Bertz CT molecular complexity index is 86.1. The van der Waals surface area contributed by atoms with Crippen LogP contribution in [0.5, 0.6) is 0 Å². The molecule has 4 heteroatoms. The van der Waals surface area contributed by atoms with Gasteiger partial charge in [-0.05, 0) is 0 Å². The normalized spacial score (nSPS) is 13.2. The molecule has 0 bridgehead atoms. The number of carbonyl (C=O) groups is 1. The molecule has 0 aliphatic rings. The van der Waals surface area contributed by atoms with Crippen LogP contribution in [0.1, 0.15) is 6.42 Å². The number of aliphatic carboxylic acids is 1. The molecule has 0 saturated carbocycles. The van der Waals surface area contributed by atoms with Crippen LogP contribution in [0.15, 0.2) is 0 Å². The van der Waals surface area contributed by atoms with Crippen LogP contribution >= 0.6 is 0 Å². The molecule has 1 unspecified atom stereocenters. The summed E-state index contributed by atoms with van der Waals surface area (Å²) in [6.07, 6.45) is -0.295. The Labute approximate surface area is 46.3 Å². The molecule has 1 atom stereocenters. The summed E-state index contributed by atoms with van der Waals surface area (Å²) in [4.78, 5) is 9.72. The lowest BCUT2D eigenvalue weighted by atomic mass is 10.2. The van der Waals surface area contributed by atoms with Gasteiger partial charge in [0.25, 0.3) is 0 Å². The summed E-state index contributed by atoms with van der Waals surface area (Å²) in [5.74, 6) is -1.06. The van der Waals surface area contributed by atoms with Crippen molar-refractivity contribution in [3.05, 3.63) is 0 Å². The number of rotatable bonds is 3. The van der Waals surface area contributed by atoms with E-state index in [1.807, 2.05) is 0 Å². The predicted molar refractivity (Wildman–Crippen MR) is 26.2 cm³/mol. The zero-order valence-corrected chi connectivity index (χ0v) is 4.30. The first-order chi connectivity index (χ1) is 3.66. The van der Waals surface area contributed by atoms with Crippen LogP contribution in [0.2, 0.25) is 0 Å². The molecule has 0 aromatic carbocycles. The van der Waals surface area contributed by atoms with Crippen LogP contribution in [-0.4, -0.2) is 23.8 Å². The van der Waals surface area contributed by atoms with Crippen molar-refractivity contribution in [2.45, 2.75) is 12.5 Å². The fourth-order valence-electron chi connectivity index (χ4n) is 0.279. The van der Waals surface area contributed by atoms with Crippen molar-refractivity contribution < 1.29 is 14.3 Å². The second-order valence-corrected chi connectivity index (χ2v) is 1.51. The summed E-state index contributed by atoms with van der Waals surface area (Å²) in [5.41, 5.74) is 4.92. The van der Waals surface area contributed by atoms with Gasteiger partial charge in [-0.2, -0.15) is 0 Å². The number of carboxylic acids is 1. The quantitative estimate of drug-likeness (QED) is 0.541. The summed E-state index contributed by atoms with van der Waals surface area (Å²) in [6.45, 7) is -0.772. The van der Waals surface area contributed by atoms with Gasteiger partial charge < -0.3 is 10.8 Å². The van der Waals surface area contributed by atoms with Gasteiger partial charge in [0.1, 0.15) is 6.67 Å². The van der Waals surface area contributed by atoms with Gasteiger partial charge in [0.2, 0.25) is 0 Å². The molecule has 0 amide bonds. The minimum absolute atomic E-state index is 0.295. The van der Waals surface area contributed by atoms with E-state index in [1.54, 1.807) is 0 Å². The second kappa shape index (κ2) is 3.37. The molecule has 0 rings (SSSR count). The maximum Gasteiger partial charge on any atom is 0.305 e. The van der Waals surface area contributed by atoms with E-state index in [0.29, 0.717) is 0 Å². The highest BCUT2D eigenvalue weighted by Gasteiger charge is 2.05. The van der Waals surface area contributed by atoms with Crippen LogP contribution in [0.3, 0.4) is 0 Å². The third-order valence-electron chi connectivity index (χ3n) is 0.635. The van der Waals surface area contributed by atoms with E-state index in [1.165, 1.54) is 0 Å². The molecule has 3 N–H and O–H groups in total. The second-order valence-electron chi connectivity index (χ2n) is 1.51. The third-order valence-corrected chi connectivity index (χ3v) is 0.635. The maximum atomic E-state index is 11.4. The highest BCUT2D eigenvalue weighted by atomic mass is 19.1. The van der Waals surface area contributed by atoms with E-state index in [-0.39, 0.29) is 6.42 Å². The van der Waals surface area contributed by atoms with Gasteiger partial charge in [-0.3, -0.25) is 4.79 Å². The van der Waals surface area contributed by atoms with Gasteiger partial charge in [0.05, 0.1) is 6.42 Å². The average Bonchev–Trinajstić information content (AvgIpc) is 1.65. The number of hydrogen-bond acceptors (Lipinski definition) is 2. The molecule has 0 aromatic heterocycles. The topological polar surface area (TPSA) is 63.3 Å². The Kier molecular flexibility index (Phi) is 3.10. The van der Waals surface area contributed by atoms with Crippen LogP contribution in [0.25, 0.3) is 0 Å². The van der Waals surface area contributed by atoms with Gasteiger partial charge in [-0.15, -0.1) is 0 Å². The average molecular weight is 121 g/mol. The molecular formula is C4H8FNO2. The molecular weight excluding hydrogens is 113 g/mol. The van der Waals surface area contributed by atoms with E-state index in [0.717, 1.165) is 0 Å². The standard InChI is InChI=1S/C4H8FNO2/c5-2-3(6)1-4(7)8/h3H,1-2,6H2,(H,7,8). The lowest BCUT2D eigenvalue weighted by Gasteiger charge is -1.99. The lowest BCUT2D eigenvalue weighted by molar-refractivity contribution is -0.137. The summed E-state index contributed by atoms with van der Waals surface area (Å²) in [5, 5.41) is 7.97. The first kappa shape index (κ1) is 7.36. The highest BCUT2D eigenvalue weighted by molar-refractivity contribution is 5.67. The highest BCUT2D eigenvalue weighted by Crippen LogP contribution is 1.86. The predicted octanol–water partition coefficient (Wildman–Crippen LogP) is -0.242. The Balaban J connectivity index is 3.24. The van der Waals surface area contributed by atoms with Gasteiger partial charge in [0, 0.05) is 6.04 Å². The van der Waals surface area contributed by atoms with Crippen molar-refractivity contribution in [2.75, 3.05) is 6.67 Å². The van der Waals surface area contributed by atoms with Gasteiger partial charge in [0.15, 0.2) is 0 Å². The number of halogens is 1. The van der Waals surface area contributed by atoms with Gasteiger partial charge in [-0.1, -0.05) is 0 Å². The molecule has 0 aliphatic carbocycles. The van der Waals surface area contributed by atoms with Crippen molar-refractivity contribution in [1.29, 1.82) is 0 Å². The van der Waals surface area contributed by atoms with Crippen LogP contribution < -0.4 is 5.73 Å². The minimum atomic E-state index is -1.06. The van der Waals surface area contributed by atoms with Crippen LogP contribution in [0, 0.1) is 0 Å². The zero-order chi connectivity index (χ0) is 6.57. The molecule has 3 nitrogen and oxygen atoms in total. The number of carboxylic acid groups (broad SMARTS) is 1. The molecule has 48 valence electrons. The maximum absolute atomic E-state index is 11.4. The van der Waals surface area contributed by atoms with E-state index >= 15 is 0 Å². The Morgan fingerprint density at radius 1 is 1.88 bits per heavy atom. The molecule has 0 aliphatic heterocycles. The number of hydrogen-bond donors (Lipinski definition) is 2. The third kappa shape index (κ3) is 3.55. The molecule has 0 radical (unpaired) electrons. The van der Waals surface area contributed by atoms with E-state index < -0.39 is 18.7 Å². The number of alkyl halides is 1. The first-order valence-corrected chi connectivity index (χ1v) is 2.20. The fraction of sp³-hybridized carbons (Fsp3) is 0.750. The van der Waals surface area contributed by atoms with Crippen LogP contribution in [-0.2, 0) is 4.79 Å². The summed E-state index contributed by atoms with van der Waals surface area (Å²) in [7, 11) is 0. The molecule has 0 heterocycles. The Hall–Kier alpha value is -0.640. The minimum Gasteiger partial charge on any atom is -0.481 e. The summed E-state index contributed by atoms with van der Waals surface area (Å²) in [6, 6.07) is -0.840. The Morgan fingerprint density at radius 2 is 2.38 bits per heavy atom. The number of nitrogens with two attached hydrogens (primary N) is 1. The monoisotopic (exact) mass is 121 g/mol. The zero-order valence-electron chi connectivity index (χ0n) is 4.30. The van der Waals surface area contributed by atoms with E-state index in [4.69, 9.17) is 10.8 Å². The lowest BCUT2D eigenvalue weighted by Crippen LogP contribution is -2.25. The molecule has 0 saturated heterocycles. The fourth-order valence-corrected chi connectivity index (χ4v) is 0.279. The van der Waals surface area contributed by atoms with Crippen molar-refractivity contribution in [1.82, 2.24) is 0 Å². The van der Waals surface area contributed by atoms with Crippen LogP contribution in [0.4, 0.5) is 4.39 Å². The first-order valence-electron chi connectivity index (χ1n) is 2.20. The van der Waals surface area contributed by atoms with Crippen molar-refractivity contribution in [3.63, 3.8) is 0 Å². The van der Waals surface area contributed by atoms with E-state index in [9.17, 15) is 9.18 Å². The SMILES string of the molecule is NC(CF)CC(=O)O. The summed E-state index contributed by atoms with van der Waals surface area (Å²) >= 11 is 0. The molecule has 0 fully saturated rings. The summed E-state index contributed by atoms with van der Waals surface area (Å²) < 4.78 is 11.4. The molecule has 0 spiro atoms. The molecule has 8 heavy (non-hydrogen) atoms. The van der Waals surface area contributed by atoms with Gasteiger partial charge in [-0.25, -0.2) is 4.39 Å². The van der Waals surface area contributed by atoms with E-state index in [2.05, 4.69) is 0 Å². The van der Waals surface area contributed by atoms with Crippen molar-refractivity contribution in [2.24, 2.45) is 5.73 Å². The smallest absolute Gasteiger partial charge is 0.305 e. The van der Waals surface area contributed by atoms with Gasteiger partial charge >= 0.3 is 5.97 Å². The largest absolute Gasteiger partial charge is 0.481 e. The van der Waals surface area contributed by atoms with Crippen molar-refractivity contribution >= 4 is 5.97 Å². The van der Waals surface area contributed by atoms with Crippen molar-refractivity contribution in [3.8, 4) is 0 Å². The molecule has 0 aromatic rings. The Morgan fingerprint density at radius 3 is 2.50 bits per heavy atom.